The van der Waals surface area contributed by atoms with Gasteiger partial charge in [-0.2, -0.15) is 0 Å². The van der Waals surface area contributed by atoms with Gasteiger partial charge in [-0.05, 0) is 42.8 Å². The fraction of sp³-hybridized carbons (Fsp3) is 0.296. The number of nitrogens with zero attached hydrogens (tertiary/aromatic N) is 5. The van der Waals surface area contributed by atoms with Crippen molar-refractivity contribution in [1.29, 1.82) is 0 Å². The number of benzene rings is 2. The van der Waals surface area contributed by atoms with Gasteiger partial charge in [-0.25, -0.2) is 4.98 Å². The molecule has 2 amide bonds. The van der Waals surface area contributed by atoms with Gasteiger partial charge in [0.2, 0.25) is 5.91 Å². The number of aromatic nitrogens is 2. The van der Waals surface area contributed by atoms with Crippen molar-refractivity contribution in [2.45, 2.75) is 19.4 Å². The molecule has 8 heteroatoms. The standard InChI is InChI=1S/C27H27N5O2S/c1-19-4-2-3-5-23(19)31-10-8-20-16-21(6-7-24(20)31)32-18-22(17-25(32)33)29-11-13-30(14-12-29)27(34)26-28-9-15-35-26/h2-10,15-16,22H,11-14,17-18H2,1H3. The first-order chi connectivity index (χ1) is 17.1. The highest BCUT2D eigenvalue weighted by atomic mass is 32.1. The molecule has 2 aromatic heterocycles. The molecule has 0 spiro atoms. The van der Waals surface area contributed by atoms with Gasteiger partial charge in [0.05, 0.1) is 5.52 Å². The number of hydrogen-bond acceptors (Lipinski definition) is 5. The number of thiazole rings is 1. The summed E-state index contributed by atoms with van der Waals surface area (Å²) in [6.07, 6.45) is 4.28. The Hall–Kier alpha value is -3.49. The Morgan fingerprint density at radius 3 is 2.66 bits per heavy atom. The van der Waals surface area contributed by atoms with Gasteiger partial charge in [-0.1, -0.05) is 18.2 Å². The third-order valence-corrected chi connectivity index (χ3v) is 7.96. The summed E-state index contributed by atoms with van der Waals surface area (Å²) in [6.45, 7) is 5.70. The normalized spacial score (nSPS) is 19.1. The third-order valence-electron chi connectivity index (χ3n) is 7.20. The topological polar surface area (TPSA) is 61.7 Å². The lowest BCUT2D eigenvalue weighted by Gasteiger charge is -2.37. The average molecular weight is 486 g/mol. The number of piperazine rings is 1. The molecule has 0 aliphatic carbocycles. The predicted octanol–water partition coefficient (Wildman–Crippen LogP) is 3.96. The summed E-state index contributed by atoms with van der Waals surface area (Å²) in [4.78, 5) is 35.9. The molecule has 1 unspecified atom stereocenters. The minimum absolute atomic E-state index is 0.00899. The molecular formula is C27H27N5O2S. The van der Waals surface area contributed by atoms with Crippen LogP contribution >= 0.6 is 11.3 Å². The van der Waals surface area contributed by atoms with E-state index >= 15 is 0 Å². The van der Waals surface area contributed by atoms with Crippen LogP contribution in [0.1, 0.15) is 21.8 Å². The predicted molar refractivity (Wildman–Crippen MR) is 138 cm³/mol. The molecule has 2 fully saturated rings. The fourth-order valence-corrected chi connectivity index (χ4v) is 5.88. The monoisotopic (exact) mass is 485 g/mol. The Labute approximate surface area is 208 Å². The molecule has 2 aliphatic rings. The van der Waals surface area contributed by atoms with Crippen molar-refractivity contribution in [3.8, 4) is 5.69 Å². The molecule has 0 N–H and O–H groups in total. The number of amides is 2. The van der Waals surface area contributed by atoms with Crippen molar-refractivity contribution < 1.29 is 9.59 Å². The average Bonchev–Trinajstić information content (AvgIpc) is 3.64. The van der Waals surface area contributed by atoms with Gasteiger partial charge in [-0.3, -0.25) is 14.5 Å². The maximum atomic E-state index is 13.0. The van der Waals surface area contributed by atoms with Crippen LogP contribution in [0.3, 0.4) is 0 Å². The highest BCUT2D eigenvalue weighted by molar-refractivity contribution is 7.11. The molecule has 6 rings (SSSR count). The summed E-state index contributed by atoms with van der Waals surface area (Å²) in [5.41, 5.74) is 4.47. The van der Waals surface area contributed by atoms with Crippen LogP contribution in [-0.4, -0.2) is 69.9 Å². The second-order valence-corrected chi connectivity index (χ2v) is 10.1. The van der Waals surface area contributed by atoms with Crippen LogP contribution in [0.2, 0.25) is 0 Å². The minimum Gasteiger partial charge on any atom is -0.334 e. The van der Waals surface area contributed by atoms with E-state index in [0.29, 0.717) is 31.1 Å². The summed E-state index contributed by atoms with van der Waals surface area (Å²) in [5, 5.41) is 3.50. The second kappa shape index (κ2) is 8.94. The maximum Gasteiger partial charge on any atom is 0.282 e. The van der Waals surface area contributed by atoms with Crippen molar-refractivity contribution in [3.05, 3.63) is 76.9 Å². The minimum atomic E-state index is 0.00899. The van der Waals surface area contributed by atoms with Crippen molar-refractivity contribution in [3.63, 3.8) is 0 Å². The van der Waals surface area contributed by atoms with Crippen LogP contribution in [0.4, 0.5) is 5.69 Å². The smallest absolute Gasteiger partial charge is 0.282 e. The van der Waals surface area contributed by atoms with Gasteiger partial charge in [-0.15, -0.1) is 11.3 Å². The Morgan fingerprint density at radius 2 is 1.89 bits per heavy atom. The van der Waals surface area contributed by atoms with Crippen molar-refractivity contribution >= 4 is 39.7 Å². The maximum absolute atomic E-state index is 13.0. The van der Waals surface area contributed by atoms with E-state index in [1.165, 1.54) is 22.6 Å². The summed E-state index contributed by atoms with van der Waals surface area (Å²) in [7, 11) is 0. The molecular weight excluding hydrogens is 458 g/mol. The highest BCUT2D eigenvalue weighted by Gasteiger charge is 2.36. The van der Waals surface area contributed by atoms with E-state index in [2.05, 4.69) is 76.1 Å². The summed E-state index contributed by atoms with van der Waals surface area (Å²) in [5.74, 6) is 0.170. The lowest BCUT2D eigenvalue weighted by molar-refractivity contribution is -0.117. The number of carbonyl (C=O) groups excluding carboxylic acids is 2. The number of hydrogen-bond donors (Lipinski definition) is 0. The van der Waals surface area contributed by atoms with E-state index in [0.717, 1.165) is 29.7 Å². The van der Waals surface area contributed by atoms with Crippen LogP contribution in [-0.2, 0) is 4.79 Å². The van der Waals surface area contributed by atoms with Crippen LogP contribution in [0.15, 0.2) is 66.3 Å². The molecule has 2 aliphatic heterocycles. The van der Waals surface area contributed by atoms with E-state index in [4.69, 9.17) is 0 Å². The zero-order chi connectivity index (χ0) is 23.9. The summed E-state index contributed by atoms with van der Waals surface area (Å²) >= 11 is 1.38. The van der Waals surface area contributed by atoms with E-state index < -0.39 is 0 Å². The summed E-state index contributed by atoms with van der Waals surface area (Å²) in [6, 6.07) is 16.9. The van der Waals surface area contributed by atoms with Crippen molar-refractivity contribution in [2.24, 2.45) is 0 Å². The van der Waals surface area contributed by atoms with Gasteiger partial charge in [0, 0.05) is 79.7 Å². The SMILES string of the molecule is Cc1ccccc1-n1ccc2cc(N3CC(N4CCN(C(=O)c5nccs5)CC4)CC3=O)ccc21. The van der Waals surface area contributed by atoms with Gasteiger partial charge < -0.3 is 14.4 Å². The number of rotatable bonds is 4. The van der Waals surface area contributed by atoms with Crippen LogP contribution in [0, 0.1) is 6.92 Å². The van der Waals surface area contributed by atoms with Gasteiger partial charge >= 0.3 is 0 Å². The van der Waals surface area contributed by atoms with E-state index in [9.17, 15) is 9.59 Å². The van der Waals surface area contributed by atoms with Crippen molar-refractivity contribution in [2.75, 3.05) is 37.6 Å². The molecule has 4 heterocycles. The molecule has 2 saturated heterocycles. The molecule has 178 valence electrons. The second-order valence-electron chi connectivity index (χ2n) is 9.24. The van der Waals surface area contributed by atoms with Gasteiger partial charge in [0.15, 0.2) is 5.01 Å². The van der Waals surface area contributed by atoms with Crippen LogP contribution < -0.4 is 4.90 Å². The molecule has 7 nitrogen and oxygen atoms in total. The molecule has 0 bridgehead atoms. The molecule has 35 heavy (non-hydrogen) atoms. The summed E-state index contributed by atoms with van der Waals surface area (Å²) < 4.78 is 2.20. The van der Waals surface area contributed by atoms with E-state index in [1.54, 1.807) is 6.20 Å². The Balaban J connectivity index is 1.15. The largest absolute Gasteiger partial charge is 0.334 e. The lowest BCUT2D eigenvalue weighted by atomic mass is 10.2. The zero-order valence-electron chi connectivity index (χ0n) is 19.6. The van der Waals surface area contributed by atoms with Crippen LogP contribution in [0.25, 0.3) is 16.6 Å². The quantitative estimate of drug-likeness (QED) is 0.439. The number of aryl methyl sites for hydroxylation is 1. The molecule has 0 radical (unpaired) electrons. The highest BCUT2D eigenvalue weighted by Crippen LogP contribution is 2.30. The van der Waals surface area contributed by atoms with Crippen molar-refractivity contribution in [1.82, 2.24) is 19.4 Å². The number of para-hydroxylation sites is 1. The first kappa shape index (κ1) is 22.0. The molecule has 1 atom stereocenters. The number of carbonyl (C=O) groups is 2. The zero-order valence-corrected chi connectivity index (χ0v) is 20.4. The molecule has 4 aromatic rings. The fourth-order valence-electron chi connectivity index (χ4n) is 5.28. The Bertz CT molecular complexity index is 1390. The third kappa shape index (κ3) is 4.02. The van der Waals surface area contributed by atoms with E-state index in [-0.39, 0.29) is 17.9 Å². The lowest BCUT2D eigenvalue weighted by Crippen LogP contribution is -2.52. The van der Waals surface area contributed by atoms with Gasteiger partial charge in [0.1, 0.15) is 0 Å². The molecule has 2 aromatic carbocycles. The van der Waals surface area contributed by atoms with Gasteiger partial charge in [0.25, 0.3) is 5.91 Å². The Morgan fingerprint density at radius 1 is 1.06 bits per heavy atom. The Kier molecular flexibility index (Phi) is 5.62. The van der Waals surface area contributed by atoms with E-state index in [1.807, 2.05) is 15.2 Å². The molecule has 0 saturated carbocycles. The first-order valence-corrected chi connectivity index (χ1v) is 12.9. The van der Waals surface area contributed by atoms with Crippen LogP contribution in [0.5, 0.6) is 0 Å². The number of fused-ring (bicyclic) bond motifs is 1. The first-order valence-electron chi connectivity index (χ1n) is 12.0. The number of anilines is 1.